The van der Waals surface area contributed by atoms with E-state index in [4.69, 9.17) is 40.0 Å². The van der Waals surface area contributed by atoms with E-state index in [9.17, 15) is 55.2 Å². The summed E-state index contributed by atoms with van der Waals surface area (Å²) in [5.41, 5.74) is -0.502. The molecule has 15 bridgehead atoms. The van der Waals surface area contributed by atoms with E-state index in [1.165, 1.54) is 92.8 Å². The number of imide groups is 1. The largest absolute Gasteiger partial charge is 0.508 e. The molecule has 0 spiro atoms. The number of aliphatic hydroxyl groups excluding tert-OH is 6. The van der Waals surface area contributed by atoms with Crippen LogP contribution in [0.3, 0.4) is 0 Å². The van der Waals surface area contributed by atoms with Crippen LogP contribution >= 0.6 is 11.6 Å². The zero-order valence-electron chi connectivity index (χ0n) is 66.8. The normalized spacial score (nSPS) is 27.2. The molecule has 4 saturated carbocycles. The molecule has 10 amide bonds. The second-order valence-electron chi connectivity index (χ2n) is 32.0. The first-order valence-corrected chi connectivity index (χ1v) is 40.3. The number of aryl methyl sites for hydroxylation is 2. The number of halogens is 1. The van der Waals surface area contributed by atoms with Crippen LogP contribution in [0.25, 0.3) is 11.1 Å². The van der Waals surface area contributed by atoms with Gasteiger partial charge >= 0.3 is 6.03 Å². The third-order valence-corrected chi connectivity index (χ3v) is 23.4. The molecule has 20 N–H and O–H groups in total. The van der Waals surface area contributed by atoms with Crippen LogP contribution in [-0.4, -0.2) is 209 Å². The van der Waals surface area contributed by atoms with E-state index in [-0.39, 0.29) is 127 Å². The Balaban J connectivity index is 0.987. The molecule has 642 valence electrons. The Hall–Kier alpha value is -11.0. The summed E-state index contributed by atoms with van der Waals surface area (Å²) in [6.07, 6.45) is -10.4. The van der Waals surface area contributed by atoms with E-state index in [1.54, 1.807) is 27.1 Å². The maximum Gasteiger partial charge on any atom is 0.325 e. The SMILES string of the molecule is CNCCOc1ccc(OCCNC)c(NC(=O)NC(=O)C[C@@H]2NC(=O)[C@H](NC(=O)[C@@H](CC(C)C)NC)[C@H](O)c3ccc(c(C)c3)Oc3cc4cc(c3O[C@@H]3O[C@H](CO)[C@@H](O)[C@H](O)[C@H]3O)Oc3ccc(cc3Cl)[C@@H](O)[C@@H]3NC(=O)[C@H](NC(=O)[C@@H]4NC2=O)c2ccc(O)c(c2)-c2c(C)cc(O)cc2[C@@H](C(=O)NC2C4CC5CC(C4)CC2C5)NC3=O)c1. The second-order valence-corrected chi connectivity index (χ2v) is 32.4. The van der Waals surface area contributed by atoms with Gasteiger partial charge in [-0.3, -0.25) is 43.7 Å². The maximum absolute atomic E-state index is 16.6. The van der Waals surface area contributed by atoms with Gasteiger partial charge in [0.05, 0.1) is 29.8 Å². The molecule has 120 heavy (non-hydrogen) atoms. The van der Waals surface area contributed by atoms with Crippen LogP contribution < -0.4 is 87.5 Å². The number of amides is 10. The highest BCUT2D eigenvalue weighted by molar-refractivity contribution is 6.32. The fraction of sp³-hybridized carbons (Fsp3) is 0.464. The minimum atomic E-state index is -2.34. The van der Waals surface area contributed by atoms with Crippen molar-refractivity contribution in [3.63, 3.8) is 0 Å². The van der Waals surface area contributed by atoms with Crippen molar-refractivity contribution in [3.8, 4) is 62.9 Å². The molecular weight excluding hydrogens is 1580 g/mol. The molecule has 10 aliphatic rings. The average molecular weight is 1680 g/mol. The second kappa shape index (κ2) is 37.4. The fourth-order valence-corrected chi connectivity index (χ4v) is 17.5. The standard InChI is InChI=1S/C84H101ClN12O23/c1-36(2)20-53(88-7)76(107)96-68-70(102)42-9-13-56(37(3)21-42)117-59-30-46-31-60(75(59)120-83-74(106)73(105)72(104)61(35-98)119-83)118-57-14-10-43(29-51(57)85)71(103)69-82(113)95-67(80(111)92-64-44-24-39-23-40(26-44)27-45(64)25-39)50-32-47(99)22-38(4)63(50)49-28-41(8-12-55(49)100)65(78(109)97-69)94-79(110)66(46)93-77(108)54(89-81(68)112)34-62(101)91-84(114)90-52-33-48(115-18-16-86-5)11-15-58(52)116-19-17-87-6/h8-15,21-22,28-33,36,39-40,44-45,53-54,61,64-74,83,86-88,98-100,102-106H,16-20,23-27,34-35H2,1-7H3,(H,89,112)(H,92,111)(H,93,108)(H,94,110)(H,95,113)(H,96,107)(H,97,109)(H2,90,91,101,114)/t39?,40?,44?,45?,53-,54+,61-,64?,65-,66-,67+,68-,69+,70-,71-,72-,73+,74-,83+/m1/s1. The Kier molecular flexibility index (Phi) is 27.0. The first-order valence-electron chi connectivity index (χ1n) is 39.9. The molecule has 6 aromatic carbocycles. The van der Waals surface area contributed by atoms with E-state index in [1.807, 2.05) is 13.8 Å². The highest BCUT2D eigenvalue weighted by atomic mass is 35.5. The molecule has 0 aromatic heterocycles. The third-order valence-electron chi connectivity index (χ3n) is 23.1. The first-order chi connectivity index (χ1) is 57.4. The van der Waals surface area contributed by atoms with Crippen LogP contribution in [0.15, 0.2) is 97.1 Å². The lowest BCUT2D eigenvalue weighted by Crippen LogP contribution is -2.60. The number of hydrogen-bond donors (Lipinski definition) is 20. The van der Waals surface area contributed by atoms with E-state index in [0.717, 1.165) is 44.2 Å². The number of aromatic hydroxyl groups is 2. The van der Waals surface area contributed by atoms with Gasteiger partial charge in [0.25, 0.3) is 0 Å². The van der Waals surface area contributed by atoms with Gasteiger partial charge in [-0.1, -0.05) is 43.6 Å². The molecular formula is C84H101ClN12O23. The quantitative estimate of drug-likeness (QED) is 0.0460. The zero-order valence-corrected chi connectivity index (χ0v) is 67.6. The number of carbonyl (C=O) groups excluding carboxylic acids is 9. The number of phenolic OH excluding ortho intramolecular Hbond substituents is 2. The minimum Gasteiger partial charge on any atom is -0.508 e. The predicted octanol–water partition coefficient (Wildman–Crippen LogP) is 3.04. The number of benzene rings is 6. The van der Waals surface area contributed by atoms with E-state index >= 15 is 28.8 Å². The molecule has 36 heteroatoms. The Morgan fingerprint density at radius 3 is 1.92 bits per heavy atom. The predicted molar refractivity (Wildman–Crippen MR) is 430 cm³/mol. The summed E-state index contributed by atoms with van der Waals surface area (Å²) < 4.78 is 37.6. The number of carbonyl (C=O) groups is 9. The first kappa shape index (κ1) is 86.9. The van der Waals surface area contributed by atoms with Gasteiger partial charge in [-0.05, 0) is 220 Å². The average Bonchev–Trinajstić information content (AvgIpc) is 0.754. The van der Waals surface area contributed by atoms with Crippen LogP contribution in [0.4, 0.5) is 10.5 Å². The maximum atomic E-state index is 16.6. The lowest BCUT2D eigenvalue weighted by atomic mass is 9.54. The number of urea groups is 1. The summed E-state index contributed by atoms with van der Waals surface area (Å²) in [6, 6.07) is 5.41. The van der Waals surface area contributed by atoms with Gasteiger partial charge in [0.2, 0.25) is 59.3 Å². The van der Waals surface area contributed by atoms with Crippen molar-refractivity contribution in [3.05, 3.63) is 141 Å². The molecule has 0 radical (unpaired) electrons. The number of anilines is 1. The number of aliphatic hydroxyl groups is 6. The number of ether oxygens (including phenoxy) is 6. The van der Waals surface area contributed by atoms with Crippen LogP contribution in [0.1, 0.15) is 128 Å². The lowest BCUT2D eigenvalue weighted by molar-refractivity contribution is -0.277. The van der Waals surface area contributed by atoms with Gasteiger partial charge in [-0.25, -0.2) is 4.79 Å². The summed E-state index contributed by atoms with van der Waals surface area (Å²) in [6.45, 7) is 6.93. The summed E-state index contributed by atoms with van der Waals surface area (Å²) in [4.78, 5) is 139. The Morgan fingerprint density at radius 1 is 0.617 bits per heavy atom. The van der Waals surface area contributed by atoms with Crippen molar-refractivity contribution in [2.24, 2.45) is 29.6 Å². The van der Waals surface area contributed by atoms with Crippen molar-refractivity contribution in [1.29, 1.82) is 0 Å². The third kappa shape index (κ3) is 19.1. The monoisotopic (exact) mass is 1680 g/mol. The molecule has 6 heterocycles. The van der Waals surface area contributed by atoms with Gasteiger partial charge in [-0.15, -0.1) is 0 Å². The molecule has 5 fully saturated rings. The van der Waals surface area contributed by atoms with Crippen molar-refractivity contribution in [2.75, 3.05) is 59.4 Å². The summed E-state index contributed by atoms with van der Waals surface area (Å²) in [7, 11) is 4.91. The number of nitrogens with one attached hydrogen (secondary N) is 12. The van der Waals surface area contributed by atoms with E-state index in [0.29, 0.717) is 24.9 Å². The van der Waals surface area contributed by atoms with E-state index in [2.05, 4.69) is 63.8 Å². The summed E-state index contributed by atoms with van der Waals surface area (Å²) in [5.74, 6) is -10.9. The molecule has 6 aromatic rings. The minimum absolute atomic E-state index is 0.0120. The molecule has 35 nitrogen and oxygen atoms in total. The number of likely N-dealkylation sites (N-methyl/N-ethyl adjacent to an activating group) is 3. The summed E-state index contributed by atoms with van der Waals surface area (Å²) >= 11 is 7.22. The van der Waals surface area contributed by atoms with Crippen molar-refractivity contribution >= 4 is 70.6 Å². The number of rotatable bonds is 21. The van der Waals surface area contributed by atoms with Gasteiger partial charge in [0.15, 0.2) is 11.5 Å². The smallest absolute Gasteiger partial charge is 0.325 e. The number of phenols is 2. The number of hydrogen-bond acceptors (Lipinski definition) is 26. The Bertz CT molecular complexity index is 4870. The molecule has 14 atom stereocenters. The highest BCUT2D eigenvalue weighted by Crippen LogP contribution is 2.55. The molecule has 16 rings (SSSR count). The van der Waals surface area contributed by atoms with Gasteiger partial charge in [0.1, 0.15) is 121 Å². The van der Waals surface area contributed by atoms with Gasteiger partial charge < -0.3 is 128 Å². The highest BCUT2D eigenvalue weighted by Gasteiger charge is 2.51. The van der Waals surface area contributed by atoms with Crippen molar-refractivity contribution in [1.82, 2.24) is 58.5 Å². The molecule has 0 unspecified atom stereocenters. The van der Waals surface area contributed by atoms with E-state index < -0.39 is 180 Å². The molecule has 1 saturated heterocycles. The summed E-state index contributed by atoms with van der Waals surface area (Å²) in [5, 5.41) is 126. The molecule has 4 aliphatic carbocycles. The lowest BCUT2D eigenvalue weighted by Gasteiger charge is -2.54. The van der Waals surface area contributed by atoms with Gasteiger partial charge in [0, 0.05) is 30.8 Å². The van der Waals surface area contributed by atoms with Crippen molar-refractivity contribution < 1.29 is 112 Å². The van der Waals surface area contributed by atoms with Crippen molar-refractivity contribution in [2.45, 2.75) is 164 Å². The van der Waals surface area contributed by atoms with Crippen LogP contribution in [0.5, 0.6) is 51.7 Å². The Labute approximate surface area is 695 Å². The van der Waals surface area contributed by atoms with Crippen LogP contribution in [0.2, 0.25) is 5.02 Å². The zero-order chi connectivity index (χ0) is 85.8. The van der Waals surface area contributed by atoms with Crippen LogP contribution in [0, 0.1) is 43.4 Å². The number of fused-ring (bicyclic) bond motifs is 15. The van der Waals surface area contributed by atoms with Crippen LogP contribution in [-0.2, 0) is 43.1 Å². The Morgan fingerprint density at radius 2 is 1.26 bits per heavy atom. The van der Waals surface area contributed by atoms with Gasteiger partial charge in [-0.2, -0.15) is 0 Å². The fourth-order valence-electron chi connectivity index (χ4n) is 17.2. The molecule has 6 aliphatic heterocycles. The topological polar surface area (TPSA) is 515 Å².